The average Bonchev–Trinajstić information content (AvgIpc) is 3.50. The number of rotatable bonds is 6. The molecule has 0 unspecified atom stereocenters. The highest BCUT2D eigenvalue weighted by atomic mass is 32.1. The molecule has 2 aromatic heterocycles. The van der Waals surface area contributed by atoms with Crippen molar-refractivity contribution in [3.05, 3.63) is 52.3 Å². The third kappa shape index (κ3) is 5.15. The second-order valence-electron chi connectivity index (χ2n) is 7.15. The van der Waals surface area contributed by atoms with Gasteiger partial charge in [0.15, 0.2) is 0 Å². The maximum Gasteiger partial charge on any atom is 0.407 e. The minimum absolute atomic E-state index is 0.284. The molecular weight excluding hydrogens is 464 g/mol. The lowest BCUT2D eigenvalue weighted by Crippen LogP contribution is -2.48. The number of esters is 1. The molecule has 0 atom stereocenters. The maximum atomic E-state index is 12.9. The van der Waals surface area contributed by atoms with Crippen LogP contribution in [0.4, 0.5) is 16.2 Å². The molecule has 0 aliphatic carbocycles. The fraction of sp³-hybridized carbons (Fsp3) is 0.273. The highest BCUT2D eigenvalue weighted by Gasteiger charge is 2.23. The van der Waals surface area contributed by atoms with E-state index < -0.39 is 6.09 Å². The van der Waals surface area contributed by atoms with E-state index in [0.29, 0.717) is 48.4 Å². The van der Waals surface area contributed by atoms with Crippen LogP contribution in [0.15, 0.2) is 41.8 Å². The standard InChI is InChI=1S/C22H22N4O5S2/c1-2-31-21(28)18-8-7-17(33-18)20-24-15(13-32-20)19(27)23-14-5-3-4-6-16(14)25-9-11-26(12-10-25)22(29)30/h3-8,13H,2,9-12H2,1H3,(H,23,27)(H,29,30). The van der Waals surface area contributed by atoms with Crippen molar-refractivity contribution in [2.75, 3.05) is 43.0 Å². The van der Waals surface area contributed by atoms with Crippen molar-refractivity contribution in [2.45, 2.75) is 6.92 Å². The van der Waals surface area contributed by atoms with Crippen LogP contribution < -0.4 is 10.2 Å². The Balaban J connectivity index is 1.45. The first-order valence-electron chi connectivity index (χ1n) is 10.3. The van der Waals surface area contributed by atoms with Crippen LogP contribution in [0, 0.1) is 0 Å². The Morgan fingerprint density at radius 3 is 2.61 bits per heavy atom. The molecule has 3 heterocycles. The Morgan fingerprint density at radius 2 is 1.88 bits per heavy atom. The highest BCUT2D eigenvalue weighted by Crippen LogP contribution is 2.32. The Bertz CT molecular complexity index is 1170. The number of benzene rings is 1. The molecule has 1 aliphatic heterocycles. The number of ether oxygens (including phenoxy) is 1. The normalized spacial score (nSPS) is 13.6. The number of hydrogen-bond donors (Lipinski definition) is 2. The molecule has 9 nitrogen and oxygen atoms in total. The van der Waals surface area contributed by atoms with Crippen LogP contribution in [0.3, 0.4) is 0 Å². The summed E-state index contributed by atoms with van der Waals surface area (Å²) >= 11 is 2.61. The summed E-state index contributed by atoms with van der Waals surface area (Å²) in [5.74, 6) is -0.708. The number of hydrogen-bond acceptors (Lipinski definition) is 8. The first-order valence-corrected chi connectivity index (χ1v) is 12.0. The van der Waals surface area contributed by atoms with Crippen LogP contribution in [-0.4, -0.2) is 65.7 Å². The van der Waals surface area contributed by atoms with Crippen LogP contribution >= 0.6 is 22.7 Å². The summed E-state index contributed by atoms with van der Waals surface area (Å²) in [6, 6.07) is 10.9. The number of carbonyl (C=O) groups excluding carboxylic acids is 2. The zero-order chi connectivity index (χ0) is 23.4. The number of piperazine rings is 1. The van der Waals surface area contributed by atoms with Gasteiger partial charge < -0.3 is 25.0 Å². The fourth-order valence-electron chi connectivity index (χ4n) is 3.44. The SMILES string of the molecule is CCOC(=O)c1ccc(-c2nc(C(=O)Nc3ccccc3N3CCN(C(=O)O)CC3)cs2)s1. The van der Waals surface area contributed by atoms with Crippen molar-refractivity contribution in [1.29, 1.82) is 0 Å². The molecular formula is C22H22N4O5S2. The smallest absolute Gasteiger partial charge is 0.407 e. The van der Waals surface area contributed by atoms with Gasteiger partial charge in [0.05, 0.1) is 22.9 Å². The lowest BCUT2D eigenvalue weighted by molar-refractivity contribution is 0.0532. The third-order valence-electron chi connectivity index (χ3n) is 5.07. The molecule has 4 rings (SSSR count). The van der Waals surface area contributed by atoms with E-state index in [0.717, 1.165) is 10.6 Å². The Labute approximate surface area is 198 Å². The Hall–Kier alpha value is -3.44. The molecule has 0 radical (unpaired) electrons. The molecule has 2 amide bonds. The van der Waals surface area contributed by atoms with Gasteiger partial charge in [-0.05, 0) is 31.2 Å². The summed E-state index contributed by atoms with van der Waals surface area (Å²) in [7, 11) is 0. The molecule has 1 aliphatic rings. The van der Waals surface area contributed by atoms with Gasteiger partial charge in [0.2, 0.25) is 0 Å². The number of amides is 2. The van der Waals surface area contributed by atoms with Gasteiger partial charge >= 0.3 is 12.1 Å². The summed E-state index contributed by atoms with van der Waals surface area (Å²) in [5, 5.41) is 14.4. The van der Waals surface area contributed by atoms with Gasteiger partial charge in [0.25, 0.3) is 5.91 Å². The van der Waals surface area contributed by atoms with Crippen molar-refractivity contribution in [1.82, 2.24) is 9.88 Å². The number of thiophene rings is 1. The number of nitrogens with zero attached hydrogens (tertiary/aromatic N) is 3. The fourth-order valence-corrected chi connectivity index (χ4v) is 5.21. The van der Waals surface area contributed by atoms with Crippen molar-refractivity contribution >= 4 is 52.0 Å². The molecule has 0 bridgehead atoms. The van der Waals surface area contributed by atoms with E-state index in [-0.39, 0.29) is 17.6 Å². The number of nitrogens with one attached hydrogen (secondary N) is 1. The number of carboxylic acid groups (broad SMARTS) is 1. The average molecular weight is 487 g/mol. The van der Waals surface area contributed by atoms with Crippen molar-refractivity contribution in [3.63, 3.8) is 0 Å². The first kappa shape index (κ1) is 22.7. The summed E-state index contributed by atoms with van der Waals surface area (Å²) in [5.41, 5.74) is 1.76. The van der Waals surface area contributed by atoms with Gasteiger partial charge in [-0.3, -0.25) is 4.79 Å². The van der Waals surface area contributed by atoms with Gasteiger partial charge in [-0.1, -0.05) is 12.1 Å². The molecule has 0 spiro atoms. The van der Waals surface area contributed by atoms with E-state index in [1.54, 1.807) is 24.4 Å². The van der Waals surface area contributed by atoms with Crippen LogP contribution in [0.25, 0.3) is 9.88 Å². The predicted molar refractivity (Wildman–Crippen MR) is 128 cm³/mol. The topological polar surface area (TPSA) is 112 Å². The molecule has 172 valence electrons. The number of para-hydroxylation sites is 2. The molecule has 33 heavy (non-hydrogen) atoms. The number of anilines is 2. The second kappa shape index (κ2) is 10.0. The van der Waals surface area contributed by atoms with Crippen LogP contribution in [-0.2, 0) is 4.74 Å². The van der Waals surface area contributed by atoms with Crippen LogP contribution in [0.2, 0.25) is 0 Å². The quantitative estimate of drug-likeness (QED) is 0.505. The molecule has 1 saturated heterocycles. The molecule has 1 aromatic carbocycles. The van der Waals surface area contributed by atoms with Gasteiger partial charge in [-0.25, -0.2) is 14.6 Å². The van der Waals surface area contributed by atoms with E-state index in [4.69, 9.17) is 9.84 Å². The van der Waals surface area contributed by atoms with Gasteiger partial charge in [0.1, 0.15) is 15.6 Å². The van der Waals surface area contributed by atoms with Gasteiger partial charge in [-0.2, -0.15) is 0 Å². The Kier molecular flexibility index (Phi) is 6.90. The molecule has 11 heteroatoms. The van der Waals surface area contributed by atoms with Crippen molar-refractivity contribution < 1.29 is 24.2 Å². The zero-order valence-corrected chi connectivity index (χ0v) is 19.4. The predicted octanol–water partition coefficient (Wildman–Crippen LogP) is 4.10. The summed E-state index contributed by atoms with van der Waals surface area (Å²) < 4.78 is 5.02. The van der Waals surface area contributed by atoms with E-state index >= 15 is 0 Å². The Morgan fingerprint density at radius 1 is 1.12 bits per heavy atom. The molecule has 2 N–H and O–H groups in total. The number of carbonyl (C=O) groups is 3. The second-order valence-corrected chi connectivity index (χ2v) is 9.09. The monoisotopic (exact) mass is 486 g/mol. The zero-order valence-electron chi connectivity index (χ0n) is 17.8. The van der Waals surface area contributed by atoms with E-state index in [1.807, 2.05) is 24.3 Å². The lowest BCUT2D eigenvalue weighted by Gasteiger charge is -2.35. The lowest BCUT2D eigenvalue weighted by atomic mass is 10.2. The summed E-state index contributed by atoms with van der Waals surface area (Å²) in [4.78, 5) is 45.1. The van der Waals surface area contributed by atoms with Crippen LogP contribution in [0.1, 0.15) is 27.1 Å². The largest absolute Gasteiger partial charge is 0.465 e. The summed E-state index contributed by atoms with van der Waals surface area (Å²) in [6.07, 6.45) is -0.921. The summed E-state index contributed by atoms with van der Waals surface area (Å²) in [6.45, 7) is 3.96. The van der Waals surface area contributed by atoms with Gasteiger partial charge in [0, 0.05) is 31.6 Å². The molecule has 3 aromatic rings. The minimum atomic E-state index is -0.921. The maximum absolute atomic E-state index is 12.9. The van der Waals surface area contributed by atoms with E-state index in [2.05, 4.69) is 15.2 Å². The minimum Gasteiger partial charge on any atom is -0.465 e. The van der Waals surface area contributed by atoms with Crippen molar-refractivity contribution in [3.8, 4) is 9.88 Å². The molecule has 1 fully saturated rings. The molecule has 0 saturated carbocycles. The number of aromatic nitrogens is 1. The van der Waals surface area contributed by atoms with E-state index in [1.165, 1.54) is 27.6 Å². The van der Waals surface area contributed by atoms with Crippen molar-refractivity contribution in [2.24, 2.45) is 0 Å². The first-order chi connectivity index (χ1) is 16.0. The van der Waals surface area contributed by atoms with E-state index in [9.17, 15) is 14.4 Å². The highest BCUT2D eigenvalue weighted by molar-refractivity contribution is 7.22. The van der Waals surface area contributed by atoms with Gasteiger partial charge in [-0.15, -0.1) is 22.7 Å². The van der Waals surface area contributed by atoms with Crippen LogP contribution in [0.5, 0.6) is 0 Å². The number of thiazole rings is 1. The third-order valence-corrected chi connectivity index (χ3v) is 7.15.